The number of nitrogens with zero attached hydrogens (tertiary/aromatic N) is 3. The number of aromatic nitrogens is 2. The van der Waals surface area contributed by atoms with Crippen molar-refractivity contribution in [3.63, 3.8) is 0 Å². The Morgan fingerprint density at radius 1 is 0.925 bits per heavy atom. The monoisotopic (exact) mass is 574 g/mol. The van der Waals surface area contributed by atoms with Crippen LogP contribution in [0.25, 0.3) is 11.4 Å². The fraction of sp³-hybridized carbons (Fsp3) is 0.161. The minimum Gasteiger partial charge on any atom is -0.486 e. The molecule has 9 heteroatoms. The molecule has 2 aromatic carbocycles. The first kappa shape index (κ1) is 27.4. The van der Waals surface area contributed by atoms with Crippen LogP contribution in [0.15, 0.2) is 82.3 Å². The zero-order valence-electron chi connectivity index (χ0n) is 22.5. The Morgan fingerprint density at radius 3 is 2.38 bits per heavy atom. The number of hydrogen-bond donors (Lipinski definition) is 1. The Labute approximate surface area is 242 Å². The maximum Gasteiger partial charge on any atom is 0.307 e. The van der Waals surface area contributed by atoms with E-state index in [-0.39, 0.29) is 12.4 Å². The molecule has 0 fully saturated rings. The minimum absolute atomic E-state index is 0.140. The summed E-state index contributed by atoms with van der Waals surface area (Å²) in [7, 11) is 0. The number of nitrogens with one attached hydrogen (secondary N) is 1. The van der Waals surface area contributed by atoms with Gasteiger partial charge in [-0.2, -0.15) is 5.10 Å². The lowest BCUT2D eigenvalue weighted by molar-refractivity contribution is 0.0923. The molecule has 7 nitrogen and oxygen atoms in total. The number of ether oxygens (including phenoxy) is 1. The fourth-order valence-corrected chi connectivity index (χ4v) is 5.05. The van der Waals surface area contributed by atoms with Gasteiger partial charge in [0.1, 0.15) is 18.1 Å². The lowest BCUT2D eigenvalue weighted by atomic mass is 10.2. The van der Waals surface area contributed by atoms with Crippen LogP contribution in [0.1, 0.15) is 44.7 Å². The van der Waals surface area contributed by atoms with Gasteiger partial charge in [-0.25, -0.2) is 5.43 Å². The highest BCUT2D eigenvalue weighted by Crippen LogP contribution is 2.31. The summed E-state index contributed by atoms with van der Waals surface area (Å²) >= 11 is 12.6. The van der Waals surface area contributed by atoms with E-state index in [1.807, 2.05) is 60.9 Å². The summed E-state index contributed by atoms with van der Waals surface area (Å²) in [4.78, 5) is 12.6. The molecule has 1 amide bonds. The third-order valence-electron chi connectivity index (χ3n) is 6.64. The molecule has 1 N–H and O–H groups in total. The number of carbonyl (C=O) groups excluding carboxylic acids is 1. The summed E-state index contributed by atoms with van der Waals surface area (Å²) in [6.07, 6.45) is 1.59. The number of hydrogen-bond acceptors (Lipinski definition) is 4. The third-order valence-corrected chi connectivity index (χ3v) is 7.45. The van der Waals surface area contributed by atoms with Gasteiger partial charge in [-0.05, 0) is 94.4 Å². The smallest absolute Gasteiger partial charge is 0.307 e. The van der Waals surface area contributed by atoms with Crippen molar-refractivity contribution in [2.45, 2.75) is 34.3 Å². The van der Waals surface area contributed by atoms with Crippen LogP contribution in [0.5, 0.6) is 5.75 Å². The number of carbonyl (C=O) groups is 1. The second kappa shape index (κ2) is 11.5. The summed E-state index contributed by atoms with van der Waals surface area (Å²) in [5.74, 6) is 0.906. The Morgan fingerprint density at radius 2 is 1.65 bits per heavy atom. The molecule has 40 heavy (non-hydrogen) atoms. The van der Waals surface area contributed by atoms with E-state index >= 15 is 0 Å². The maximum absolute atomic E-state index is 12.6. The van der Waals surface area contributed by atoms with Gasteiger partial charge in [-0.3, -0.25) is 4.79 Å². The predicted octanol–water partition coefficient (Wildman–Crippen LogP) is 7.74. The van der Waals surface area contributed by atoms with E-state index in [1.165, 1.54) is 11.4 Å². The van der Waals surface area contributed by atoms with Crippen molar-refractivity contribution in [2.24, 2.45) is 5.10 Å². The molecular weight excluding hydrogens is 547 g/mol. The average molecular weight is 575 g/mol. The van der Waals surface area contributed by atoms with Gasteiger partial charge >= 0.3 is 5.91 Å². The number of amides is 1. The van der Waals surface area contributed by atoms with E-state index < -0.39 is 5.91 Å². The Bertz CT molecular complexity index is 1690. The third kappa shape index (κ3) is 5.57. The highest BCUT2D eigenvalue weighted by molar-refractivity contribution is 6.43. The second-order valence-corrected chi connectivity index (χ2v) is 10.2. The van der Waals surface area contributed by atoms with E-state index in [0.717, 1.165) is 28.3 Å². The standard InChI is InChI=1S/C31H28Cl2N4O3/c1-19-8-9-20(2)36(19)24-10-12-25(13-11-24)39-18-26-14-15-29(40-26)31(38)35-34-17-23-16-21(3)37(22(23)4)28-7-5-6-27(32)30(28)33/h5-17H,18H2,1-4H3,(H,35,38)/b34-17+. The van der Waals surface area contributed by atoms with Crippen molar-refractivity contribution in [3.05, 3.63) is 123 Å². The first-order chi connectivity index (χ1) is 19.2. The largest absolute Gasteiger partial charge is 0.486 e. The van der Waals surface area contributed by atoms with Gasteiger partial charge in [0, 0.05) is 34.0 Å². The summed E-state index contributed by atoms with van der Waals surface area (Å²) in [6, 6.07) is 22.8. The molecule has 5 rings (SSSR count). The first-order valence-corrected chi connectivity index (χ1v) is 13.4. The van der Waals surface area contributed by atoms with E-state index in [1.54, 1.807) is 24.4 Å². The van der Waals surface area contributed by atoms with E-state index in [2.05, 4.69) is 41.1 Å². The van der Waals surface area contributed by atoms with Crippen LogP contribution in [0, 0.1) is 27.7 Å². The number of benzene rings is 2. The molecule has 3 heterocycles. The van der Waals surface area contributed by atoms with Crippen molar-refractivity contribution in [2.75, 3.05) is 0 Å². The van der Waals surface area contributed by atoms with Gasteiger partial charge in [0.15, 0.2) is 5.76 Å². The van der Waals surface area contributed by atoms with E-state index in [0.29, 0.717) is 21.6 Å². The average Bonchev–Trinajstić information content (AvgIpc) is 3.62. The van der Waals surface area contributed by atoms with Crippen molar-refractivity contribution in [3.8, 4) is 17.1 Å². The molecular formula is C31H28Cl2N4O3. The first-order valence-electron chi connectivity index (χ1n) is 12.7. The number of rotatable bonds is 8. The lowest BCUT2D eigenvalue weighted by Gasteiger charge is -2.12. The van der Waals surface area contributed by atoms with Crippen molar-refractivity contribution < 1.29 is 13.9 Å². The predicted molar refractivity (Wildman–Crippen MR) is 159 cm³/mol. The van der Waals surface area contributed by atoms with Crippen LogP contribution < -0.4 is 10.2 Å². The highest BCUT2D eigenvalue weighted by Gasteiger charge is 2.15. The normalized spacial score (nSPS) is 11.3. The van der Waals surface area contributed by atoms with Crippen LogP contribution in [0.2, 0.25) is 10.0 Å². The van der Waals surface area contributed by atoms with Gasteiger partial charge in [-0.1, -0.05) is 29.3 Å². The zero-order valence-corrected chi connectivity index (χ0v) is 24.0. The van der Waals surface area contributed by atoms with Crippen molar-refractivity contribution in [1.29, 1.82) is 0 Å². The second-order valence-electron chi connectivity index (χ2n) is 9.43. The summed E-state index contributed by atoms with van der Waals surface area (Å²) in [5.41, 5.74) is 9.39. The lowest BCUT2D eigenvalue weighted by Crippen LogP contribution is -2.16. The number of halogens is 2. The summed E-state index contributed by atoms with van der Waals surface area (Å²) < 4.78 is 15.7. The van der Waals surface area contributed by atoms with Gasteiger partial charge in [0.25, 0.3) is 0 Å². The summed E-state index contributed by atoms with van der Waals surface area (Å²) in [5, 5.41) is 5.07. The Balaban J connectivity index is 1.19. The van der Waals surface area contributed by atoms with Crippen LogP contribution in [-0.4, -0.2) is 21.3 Å². The molecule has 0 unspecified atom stereocenters. The number of aryl methyl sites for hydroxylation is 3. The minimum atomic E-state index is -0.462. The molecule has 0 aliphatic rings. The molecule has 204 valence electrons. The van der Waals surface area contributed by atoms with Gasteiger partial charge < -0.3 is 18.3 Å². The molecule has 0 aliphatic heterocycles. The molecule has 0 saturated carbocycles. The molecule has 3 aromatic heterocycles. The van der Waals surface area contributed by atoms with Crippen molar-refractivity contribution in [1.82, 2.24) is 14.6 Å². The number of hydrazone groups is 1. The maximum atomic E-state index is 12.6. The quantitative estimate of drug-likeness (QED) is 0.152. The molecule has 0 radical (unpaired) electrons. The molecule has 0 saturated heterocycles. The van der Waals surface area contributed by atoms with Crippen LogP contribution in [0.3, 0.4) is 0 Å². The van der Waals surface area contributed by atoms with Crippen molar-refractivity contribution >= 4 is 35.3 Å². The molecule has 0 spiro atoms. The van der Waals surface area contributed by atoms with E-state index in [4.69, 9.17) is 32.4 Å². The fourth-order valence-electron chi connectivity index (χ4n) is 4.67. The van der Waals surface area contributed by atoms with Gasteiger partial charge in [-0.15, -0.1) is 0 Å². The molecule has 0 atom stereocenters. The van der Waals surface area contributed by atoms with Gasteiger partial charge in [0.05, 0.1) is 21.9 Å². The Kier molecular flexibility index (Phi) is 7.87. The molecule has 5 aromatic rings. The topological polar surface area (TPSA) is 73.7 Å². The number of furan rings is 1. The van der Waals surface area contributed by atoms with Crippen LogP contribution in [0.4, 0.5) is 0 Å². The summed E-state index contributed by atoms with van der Waals surface area (Å²) in [6.45, 7) is 8.25. The van der Waals surface area contributed by atoms with E-state index in [9.17, 15) is 4.79 Å². The Hall–Kier alpha value is -4.20. The van der Waals surface area contributed by atoms with Crippen LogP contribution >= 0.6 is 23.2 Å². The SMILES string of the molecule is Cc1ccc(C)n1-c1ccc(OCc2ccc(C(=O)N/N=C/c3cc(C)n(-c4cccc(Cl)c4Cl)c3C)o2)cc1. The van der Waals surface area contributed by atoms with Crippen LogP contribution in [-0.2, 0) is 6.61 Å². The zero-order chi connectivity index (χ0) is 28.4. The molecule has 0 aliphatic carbocycles. The molecule has 0 bridgehead atoms. The van der Waals surface area contributed by atoms with Gasteiger partial charge in [0.2, 0.25) is 0 Å². The highest BCUT2D eigenvalue weighted by atomic mass is 35.5.